The molecule has 0 bridgehead atoms. The summed E-state index contributed by atoms with van der Waals surface area (Å²) in [6.07, 6.45) is 57.2. The van der Waals surface area contributed by atoms with Crippen LogP contribution in [0.15, 0.2) is 48.6 Å². The van der Waals surface area contributed by atoms with Gasteiger partial charge < -0.3 is 20.1 Å². The summed E-state index contributed by atoms with van der Waals surface area (Å²) in [5, 5.41) is 0. The van der Waals surface area contributed by atoms with Crippen molar-refractivity contribution in [1.29, 1.82) is 0 Å². The molecule has 1 fully saturated rings. The first-order chi connectivity index (χ1) is 27.7. The lowest BCUT2D eigenvalue weighted by molar-refractivity contribution is -0.130. The van der Waals surface area contributed by atoms with Crippen LogP contribution in [0.25, 0.3) is 0 Å². The molecule has 56 heavy (non-hydrogen) atoms. The Balaban J connectivity index is 2.09. The summed E-state index contributed by atoms with van der Waals surface area (Å²) >= 11 is 0. The Labute approximate surface area is 349 Å². The third-order valence-electron chi connectivity index (χ3n) is 11.4. The Bertz CT molecular complexity index is 879. The molecule has 1 saturated heterocycles. The lowest BCUT2D eigenvalue weighted by atomic mass is 9.98. The molecule has 1 rings (SSSR count). The lowest BCUT2D eigenvalue weighted by Crippen LogP contribution is -2.29. The molecule has 5 nitrogen and oxygen atoms in total. The van der Waals surface area contributed by atoms with Gasteiger partial charge in [0.2, 0.25) is 5.91 Å². The van der Waals surface area contributed by atoms with Gasteiger partial charge in [0, 0.05) is 44.6 Å². The maximum atomic E-state index is 12.9. The number of hydrogen-bond acceptors (Lipinski definition) is 4. The van der Waals surface area contributed by atoms with Crippen LogP contribution in [-0.2, 0) is 14.3 Å². The van der Waals surface area contributed by atoms with E-state index >= 15 is 0 Å². The van der Waals surface area contributed by atoms with Gasteiger partial charge in [-0.15, -0.1) is 0 Å². The standard InChI is InChI=1S/C51H94N2O3/c1-3-5-7-9-11-13-15-17-19-21-23-25-27-29-31-33-35-39-43-55-47-49-45-53(51(54)41-37-38-42-52)46-50(49)48-56-44-40-36-34-32-30-28-26-24-22-20-18-16-14-12-10-8-6-4-2/h11-14,17-20,49-50H,3-10,15-16,21-48,52H2,1-2H3/b13-11-,14-12-,19-17-,20-18-/t49-,50-/m0/s1. The monoisotopic (exact) mass is 783 g/mol. The molecule has 2 atom stereocenters. The predicted molar refractivity (Wildman–Crippen MR) is 245 cm³/mol. The second kappa shape index (κ2) is 42.9. The second-order valence-corrected chi connectivity index (χ2v) is 16.8. The van der Waals surface area contributed by atoms with E-state index in [9.17, 15) is 4.79 Å². The first-order valence-electron chi connectivity index (χ1n) is 24.5. The van der Waals surface area contributed by atoms with Crippen molar-refractivity contribution in [2.75, 3.05) is 46.1 Å². The number of nitrogens with zero attached hydrogens (tertiary/aromatic N) is 1. The first-order valence-corrected chi connectivity index (χ1v) is 24.5. The number of carbonyl (C=O) groups is 1. The van der Waals surface area contributed by atoms with Crippen molar-refractivity contribution in [3.8, 4) is 0 Å². The molecule has 0 aromatic heterocycles. The molecular formula is C51H94N2O3. The summed E-state index contributed by atoms with van der Waals surface area (Å²) in [6.45, 7) is 9.98. The zero-order valence-corrected chi connectivity index (χ0v) is 37.4. The van der Waals surface area contributed by atoms with Crippen molar-refractivity contribution in [1.82, 2.24) is 4.90 Å². The maximum Gasteiger partial charge on any atom is 0.222 e. The number of unbranched alkanes of at least 4 members (excludes halogenated alkanes) is 23. The SMILES string of the molecule is CCCCC/C=C\C/C=C\CCCCCCCCCCOC[C@@H]1CN(C(=O)CCCCN)C[C@H]1COCCCCCCCCCC/C=C\C/C=C\CCCCC. The van der Waals surface area contributed by atoms with Crippen molar-refractivity contribution < 1.29 is 14.3 Å². The van der Waals surface area contributed by atoms with Crippen LogP contribution in [0.2, 0.25) is 0 Å². The Morgan fingerprint density at radius 2 is 0.839 bits per heavy atom. The van der Waals surface area contributed by atoms with E-state index in [1.165, 1.54) is 154 Å². The Morgan fingerprint density at radius 1 is 0.482 bits per heavy atom. The number of likely N-dealkylation sites (tertiary alicyclic amines) is 1. The molecule has 0 aromatic rings. The Kier molecular flexibility index (Phi) is 40.1. The van der Waals surface area contributed by atoms with Crippen molar-refractivity contribution in [3.63, 3.8) is 0 Å². The molecule has 326 valence electrons. The van der Waals surface area contributed by atoms with E-state index in [2.05, 4.69) is 67.4 Å². The molecule has 1 aliphatic heterocycles. The van der Waals surface area contributed by atoms with E-state index in [1.54, 1.807) is 0 Å². The van der Waals surface area contributed by atoms with Gasteiger partial charge in [0.05, 0.1) is 13.2 Å². The molecule has 0 unspecified atom stereocenters. The number of rotatable bonds is 42. The van der Waals surface area contributed by atoms with Crippen LogP contribution in [0.3, 0.4) is 0 Å². The van der Waals surface area contributed by atoms with Crippen LogP contribution in [0, 0.1) is 11.8 Å². The van der Waals surface area contributed by atoms with Gasteiger partial charge in [-0.3, -0.25) is 4.79 Å². The van der Waals surface area contributed by atoms with E-state index in [4.69, 9.17) is 15.2 Å². The smallest absolute Gasteiger partial charge is 0.222 e. The number of hydrogen-bond donors (Lipinski definition) is 1. The molecule has 1 aliphatic rings. The predicted octanol–water partition coefficient (Wildman–Crippen LogP) is 14.4. The van der Waals surface area contributed by atoms with Gasteiger partial charge in [0.1, 0.15) is 0 Å². The minimum Gasteiger partial charge on any atom is -0.381 e. The van der Waals surface area contributed by atoms with Crippen molar-refractivity contribution in [2.24, 2.45) is 17.6 Å². The van der Waals surface area contributed by atoms with Gasteiger partial charge in [0.15, 0.2) is 0 Å². The van der Waals surface area contributed by atoms with Gasteiger partial charge in [-0.2, -0.15) is 0 Å². The fourth-order valence-corrected chi connectivity index (χ4v) is 7.66. The number of amides is 1. The minimum atomic E-state index is 0.278. The zero-order valence-electron chi connectivity index (χ0n) is 37.4. The highest BCUT2D eigenvalue weighted by molar-refractivity contribution is 5.76. The maximum absolute atomic E-state index is 12.9. The third kappa shape index (κ3) is 34.4. The highest BCUT2D eigenvalue weighted by Crippen LogP contribution is 2.26. The number of carbonyl (C=O) groups excluding carboxylic acids is 1. The number of ether oxygens (including phenoxy) is 2. The van der Waals surface area contributed by atoms with E-state index in [0.717, 1.165) is 78.0 Å². The third-order valence-corrected chi connectivity index (χ3v) is 11.4. The molecule has 0 radical (unpaired) electrons. The van der Waals surface area contributed by atoms with Crippen LogP contribution in [-0.4, -0.2) is 56.9 Å². The molecule has 5 heteroatoms. The number of allylic oxidation sites excluding steroid dienone is 8. The quantitative estimate of drug-likeness (QED) is 0.0495. The summed E-state index contributed by atoms with van der Waals surface area (Å²) in [5.41, 5.74) is 5.67. The number of nitrogens with two attached hydrogens (primary N) is 1. The first kappa shape index (κ1) is 52.3. The van der Waals surface area contributed by atoms with Crippen molar-refractivity contribution in [2.45, 2.75) is 213 Å². The van der Waals surface area contributed by atoms with Crippen LogP contribution >= 0.6 is 0 Å². The fourth-order valence-electron chi connectivity index (χ4n) is 7.66. The minimum absolute atomic E-state index is 0.278. The molecule has 0 aliphatic carbocycles. The molecule has 2 N–H and O–H groups in total. The Morgan fingerprint density at radius 3 is 1.21 bits per heavy atom. The van der Waals surface area contributed by atoms with E-state index in [1.807, 2.05) is 0 Å². The summed E-state index contributed by atoms with van der Waals surface area (Å²) in [7, 11) is 0. The average Bonchev–Trinajstić information content (AvgIpc) is 3.62. The molecule has 0 aromatic carbocycles. The van der Waals surface area contributed by atoms with Crippen molar-refractivity contribution in [3.05, 3.63) is 48.6 Å². The average molecular weight is 783 g/mol. The lowest BCUT2D eigenvalue weighted by Gasteiger charge is -2.18. The van der Waals surface area contributed by atoms with Crippen LogP contribution in [0.5, 0.6) is 0 Å². The van der Waals surface area contributed by atoms with E-state index in [0.29, 0.717) is 24.8 Å². The molecule has 1 heterocycles. The summed E-state index contributed by atoms with van der Waals surface area (Å²) in [5.74, 6) is 1.03. The highest BCUT2D eigenvalue weighted by Gasteiger charge is 2.35. The fraction of sp³-hybridized carbons (Fsp3) is 0.824. The van der Waals surface area contributed by atoms with Gasteiger partial charge >= 0.3 is 0 Å². The summed E-state index contributed by atoms with van der Waals surface area (Å²) in [4.78, 5) is 15.0. The second-order valence-electron chi connectivity index (χ2n) is 16.8. The molecule has 1 amide bonds. The van der Waals surface area contributed by atoms with Crippen LogP contribution in [0.1, 0.15) is 213 Å². The van der Waals surface area contributed by atoms with E-state index in [-0.39, 0.29) is 5.91 Å². The van der Waals surface area contributed by atoms with Gasteiger partial charge in [0.25, 0.3) is 0 Å². The van der Waals surface area contributed by atoms with Crippen LogP contribution in [0.4, 0.5) is 0 Å². The van der Waals surface area contributed by atoms with Gasteiger partial charge in [-0.05, 0) is 96.4 Å². The van der Waals surface area contributed by atoms with Gasteiger partial charge in [-0.25, -0.2) is 0 Å². The topological polar surface area (TPSA) is 64.8 Å². The molecular weight excluding hydrogens is 689 g/mol. The summed E-state index contributed by atoms with van der Waals surface area (Å²) < 4.78 is 12.4. The molecule has 0 saturated carbocycles. The van der Waals surface area contributed by atoms with Gasteiger partial charge in [-0.1, -0.05) is 165 Å². The van der Waals surface area contributed by atoms with E-state index < -0.39 is 0 Å². The normalized spacial score (nSPS) is 16.3. The largest absolute Gasteiger partial charge is 0.381 e. The molecule has 0 spiro atoms. The van der Waals surface area contributed by atoms with Crippen LogP contribution < -0.4 is 5.73 Å². The Hall–Kier alpha value is -1.69. The summed E-state index contributed by atoms with van der Waals surface area (Å²) in [6, 6.07) is 0. The highest BCUT2D eigenvalue weighted by atomic mass is 16.5. The van der Waals surface area contributed by atoms with Crippen molar-refractivity contribution >= 4 is 5.91 Å². The zero-order chi connectivity index (χ0) is 40.3.